The van der Waals surface area contributed by atoms with Crippen molar-refractivity contribution in [2.75, 3.05) is 7.11 Å². The van der Waals surface area contributed by atoms with Gasteiger partial charge in [-0.1, -0.05) is 18.0 Å². The van der Waals surface area contributed by atoms with Crippen LogP contribution in [0.1, 0.15) is 41.1 Å². The minimum absolute atomic E-state index is 0.212. The summed E-state index contributed by atoms with van der Waals surface area (Å²) in [4.78, 5) is 15.4. The molecule has 2 aromatic rings. The molecule has 0 aliphatic heterocycles. The summed E-state index contributed by atoms with van der Waals surface area (Å²) < 4.78 is 5.37. The number of hydrogen-bond acceptors (Lipinski definition) is 3. The van der Waals surface area contributed by atoms with E-state index in [9.17, 15) is 4.79 Å². The summed E-state index contributed by atoms with van der Waals surface area (Å²) in [7, 11) is 1.58. The van der Waals surface area contributed by atoms with Crippen molar-refractivity contribution in [3.63, 3.8) is 0 Å². The Morgan fingerprint density at radius 3 is 2.73 bits per heavy atom. The first-order valence-electron chi connectivity index (χ1n) is 7.17. The average molecular weight is 318 g/mol. The fourth-order valence-corrected chi connectivity index (χ4v) is 2.99. The predicted octanol–water partition coefficient (Wildman–Crippen LogP) is 4.38. The van der Waals surface area contributed by atoms with Crippen molar-refractivity contribution in [1.29, 1.82) is 0 Å². The summed E-state index contributed by atoms with van der Waals surface area (Å²) in [5.74, 6) is 0.0800. The number of benzene rings is 1. The molecule has 1 heterocycles. The van der Waals surface area contributed by atoms with Crippen LogP contribution in [0.4, 0.5) is 0 Å². The van der Waals surface area contributed by atoms with Crippen LogP contribution in [0.3, 0.4) is 0 Å². The van der Waals surface area contributed by atoms with Gasteiger partial charge in [0.1, 0.15) is 5.75 Å². The van der Waals surface area contributed by atoms with Gasteiger partial charge < -0.3 is 9.84 Å². The molecule has 0 bridgehead atoms. The van der Waals surface area contributed by atoms with Gasteiger partial charge in [0, 0.05) is 11.8 Å². The highest BCUT2D eigenvalue weighted by molar-refractivity contribution is 6.33. The third-order valence-corrected chi connectivity index (χ3v) is 4.54. The highest BCUT2D eigenvalue weighted by Crippen LogP contribution is 2.44. The lowest BCUT2D eigenvalue weighted by Crippen LogP contribution is -2.10. The molecule has 0 spiro atoms. The van der Waals surface area contributed by atoms with E-state index in [1.807, 2.05) is 6.07 Å². The number of pyridine rings is 1. The summed E-state index contributed by atoms with van der Waals surface area (Å²) in [5.41, 5.74) is 2.70. The number of aromatic nitrogens is 1. The monoisotopic (exact) mass is 317 g/mol. The summed E-state index contributed by atoms with van der Waals surface area (Å²) >= 11 is 6.42. The minimum atomic E-state index is -0.969. The zero-order valence-electron chi connectivity index (χ0n) is 12.2. The Labute approximate surface area is 133 Å². The van der Waals surface area contributed by atoms with Crippen molar-refractivity contribution in [2.24, 2.45) is 0 Å². The second kappa shape index (κ2) is 5.97. The molecule has 3 rings (SSSR count). The largest absolute Gasteiger partial charge is 0.495 e. The maximum atomic E-state index is 11.1. The number of hydrogen-bond donors (Lipinski definition) is 1. The number of ether oxygens (including phenoxy) is 1. The van der Waals surface area contributed by atoms with Gasteiger partial charge in [-0.15, -0.1) is 0 Å². The molecule has 1 N–H and O–H groups in total. The van der Waals surface area contributed by atoms with Crippen LogP contribution in [-0.4, -0.2) is 23.2 Å². The lowest BCUT2D eigenvalue weighted by Gasteiger charge is -2.27. The van der Waals surface area contributed by atoms with Gasteiger partial charge in [-0.3, -0.25) is 4.98 Å². The molecule has 1 aromatic heterocycles. The SMILES string of the molecule is COc1cc(-c2cc(C(=O)O)ccn2)cc(C2CCC2)c1Cl. The third-order valence-electron chi connectivity index (χ3n) is 4.13. The van der Waals surface area contributed by atoms with Crippen LogP contribution in [0.25, 0.3) is 11.3 Å². The van der Waals surface area contributed by atoms with E-state index in [1.54, 1.807) is 19.2 Å². The van der Waals surface area contributed by atoms with Gasteiger partial charge >= 0.3 is 5.97 Å². The van der Waals surface area contributed by atoms with Gasteiger partial charge in [0.05, 0.1) is 23.4 Å². The lowest BCUT2D eigenvalue weighted by atomic mass is 9.79. The quantitative estimate of drug-likeness (QED) is 0.909. The molecule has 0 saturated heterocycles. The average Bonchev–Trinajstić information content (AvgIpc) is 2.47. The van der Waals surface area contributed by atoms with E-state index < -0.39 is 5.97 Å². The number of aromatic carboxylic acids is 1. The van der Waals surface area contributed by atoms with Crippen molar-refractivity contribution < 1.29 is 14.6 Å². The maximum Gasteiger partial charge on any atom is 0.335 e. The molecule has 22 heavy (non-hydrogen) atoms. The molecule has 0 amide bonds. The molecule has 1 saturated carbocycles. The molecule has 1 aromatic carbocycles. The zero-order chi connectivity index (χ0) is 15.7. The molecular formula is C17H16ClNO3. The van der Waals surface area contributed by atoms with Crippen LogP contribution in [0.5, 0.6) is 5.75 Å². The Morgan fingerprint density at radius 2 is 2.14 bits per heavy atom. The highest BCUT2D eigenvalue weighted by Gasteiger charge is 2.24. The van der Waals surface area contributed by atoms with Crippen LogP contribution >= 0.6 is 11.6 Å². The second-order valence-corrected chi connectivity index (χ2v) is 5.82. The summed E-state index contributed by atoms with van der Waals surface area (Å²) in [5, 5.41) is 9.76. The first kappa shape index (κ1) is 14.9. The molecule has 0 atom stereocenters. The van der Waals surface area contributed by atoms with Gasteiger partial charge in [-0.2, -0.15) is 0 Å². The van der Waals surface area contributed by atoms with Gasteiger partial charge in [-0.05, 0) is 48.6 Å². The first-order valence-corrected chi connectivity index (χ1v) is 7.55. The molecule has 1 fully saturated rings. The second-order valence-electron chi connectivity index (χ2n) is 5.44. The van der Waals surface area contributed by atoms with Crippen LogP contribution in [0.15, 0.2) is 30.5 Å². The molecule has 1 aliphatic carbocycles. The maximum absolute atomic E-state index is 11.1. The lowest BCUT2D eigenvalue weighted by molar-refractivity contribution is 0.0697. The van der Waals surface area contributed by atoms with Crippen molar-refractivity contribution >= 4 is 17.6 Å². The number of carbonyl (C=O) groups is 1. The Hall–Kier alpha value is -2.07. The van der Waals surface area contributed by atoms with Gasteiger partial charge in [0.25, 0.3) is 0 Å². The van der Waals surface area contributed by atoms with Crippen molar-refractivity contribution in [3.8, 4) is 17.0 Å². The van der Waals surface area contributed by atoms with E-state index in [0.29, 0.717) is 22.4 Å². The van der Waals surface area contributed by atoms with Crippen LogP contribution < -0.4 is 4.74 Å². The Kier molecular flexibility index (Phi) is 4.03. The number of carboxylic acids is 1. The summed E-state index contributed by atoms with van der Waals surface area (Å²) in [6, 6.07) is 6.85. The third kappa shape index (κ3) is 2.66. The highest BCUT2D eigenvalue weighted by atomic mass is 35.5. The standard InChI is InChI=1S/C17H16ClNO3/c1-22-15-9-12(7-13(16(15)18)10-3-2-4-10)14-8-11(17(20)21)5-6-19-14/h5-10H,2-4H2,1H3,(H,20,21). The summed E-state index contributed by atoms with van der Waals surface area (Å²) in [6.07, 6.45) is 4.95. The van der Waals surface area contributed by atoms with Crippen LogP contribution in [0.2, 0.25) is 5.02 Å². The predicted molar refractivity (Wildman–Crippen MR) is 84.8 cm³/mol. The molecule has 1 aliphatic rings. The first-order chi connectivity index (χ1) is 10.6. The van der Waals surface area contributed by atoms with Gasteiger partial charge in [0.15, 0.2) is 0 Å². The van der Waals surface area contributed by atoms with Crippen molar-refractivity contribution in [2.45, 2.75) is 25.2 Å². The zero-order valence-corrected chi connectivity index (χ0v) is 12.9. The molecule has 0 unspecified atom stereocenters. The van der Waals surface area contributed by atoms with E-state index in [4.69, 9.17) is 21.4 Å². The van der Waals surface area contributed by atoms with Crippen LogP contribution in [-0.2, 0) is 0 Å². The number of nitrogens with zero attached hydrogens (tertiary/aromatic N) is 1. The Bertz CT molecular complexity index is 726. The Balaban J connectivity index is 2.10. The van der Waals surface area contributed by atoms with Gasteiger partial charge in [0.2, 0.25) is 0 Å². The van der Waals surface area contributed by atoms with Crippen molar-refractivity contribution in [3.05, 3.63) is 46.6 Å². The fourth-order valence-electron chi connectivity index (χ4n) is 2.65. The molecule has 114 valence electrons. The number of carboxylic acid groups (broad SMARTS) is 1. The Morgan fingerprint density at radius 1 is 1.36 bits per heavy atom. The molecule has 4 nitrogen and oxygen atoms in total. The topological polar surface area (TPSA) is 59.4 Å². The molecule has 5 heteroatoms. The normalized spacial score (nSPS) is 14.5. The van der Waals surface area contributed by atoms with Crippen molar-refractivity contribution in [1.82, 2.24) is 4.98 Å². The summed E-state index contributed by atoms with van der Waals surface area (Å²) in [6.45, 7) is 0. The number of halogens is 1. The number of rotatable bonds is 4. The smallest absolute Gasteiger partial charge is 0.335 e. The number of methoxy groups -OCH3 is 1. The molecular weight excluding hydrogens is 302 g/mol. The molecule has 0 radical (unpaired) electrons. The fraction of sp³-hybridized carbons (Fsp3) is 0.294. The van der Waals surface area contributed by atoms with Gasteiger partial charge in [-0.25, -0.2) is 4.79 Å². The van der Waals surface area contributed by atoms with E-state index >= 15 is 0 Å². The van der Waals surface area contributed by atoms with E-state index in [1.165, 1.54) is 18.7 Å². The minimum Gasteiger partial charge on any atom is -0.495 e. The van der Waals surface area contributed by atoms with E-state index in [2.05, 4.69) is 4.98 Å². The van der Waals surface area contributed by atoms with E-state index in [-0.39, 0.29) is 5.56 Å². The van der Waals surface area contributed by atoms with Crippen LogP contribution in [0, 0.1) is 0 Å². The van der Waals surface area contributed by atoms with E-state index in [0.717, 1.165) is 24.0 Å².